The molecule has 2 N–H and O–H groups in total. The number of allylic oxidation sites excluding steroid dienone is 1. The minimum atomic E-state index is -4.59. The van der Waals surface area contributed by atoms with E-state index in [9.17, 15) is 23.3 Å². The highest BCUT2D eigenvalue weighted by Gasteiger charge is 2.30. The minimum absolute atomic E-state index is 0.133. The fourth-order valence-electron chi connectivity index (χ4n) is 3.61. The topological polar surface area (TPSA) is 104 Å². The number of nitro benzene ring substituents is 1. The first-order valence-corrected chi connectivity index (χ1v) is 12.3. The highest BCUT2D eigenvalue weighted by Crippen LogP contribution is 2.31. The van der Waals surface area contributed by atoms with Crippen molar-refractivity contribution in [1.82, 2.24) is 5.32 Å². The number of alkyl halides is 3. The number of non-ortho nitro benzene ring substituents is 1. The molecule has 0 aliphatic carbocycles. The molecular weight excluding hydrogens is 521 g/mol. The van der Waals surface area contributed by atoms with Gasteiger partial charge in [0.05, 0.1) is 17.0 Å². The summed E-state index contributed by atoms with van der Waals surface area (Å²) in [5.41, 5.74) is 1.88. The van der Waals surface area contributed by atoms with Gasteiger partial charge in [0, 0.05) is 24.4 Å². The number of nitrogens with zero attached hydrogens (tertiary/aromatic N) is 4. The molecule has 0 bridgehead atoms. The highest BCUT2D eigenvalue weighted by molar-refractivity contribution is 5.99. The maximum Gasteiger partial charge on any atom is 0.393 e. The van der Waals surface area contributed by atoms with Crippen molar-refractivity contribution in [2.24, 2.45) is 15.2 Å². The number of nitrogens with one attached hydrogen (secondary N) is 2. The van der Waals surface area contributed by atoms with E-state index in [0.29, 0.717) is 35.9 Å². The Morgan fingerprint density at radius 1 is 1.00 bits per heavy atom. The van der Waals surface area contributed by atoms with Gasteiger partial charge in [-0.1, -0.05) is 55.1 Å². The Morgan fingerprint density at radius 3 is 2.25 bits per heavy atom. The normalized spacial score (nSPS) is 11.8. The van der Waals surface area contributed by atoms with Crippen LogP contribution in [0.1, 0.15) is 25.0 Å². The summed E-state index contributed by atoms with van der Waals surface area (Å²) in [5.74, 6) is 0.708. The lowest BCUT2D eigenvalue weighted by atomic mass is 10.1. The summed E-state index contributed by atoms with van der Waals surface area (Å²) in [5, 5.41) is 25.7. The van der Waals surface area contributed by atoms with Gasteiger partial charge in [-0.15, -0.1) is 5.11 Å². The van der Waals surface area contributed by atoms with Crippen molar-refractivity contribution in [3.8, 4) is 0 Å². The molecule has 0 aliphatic heterocycles. The van der Waals surface area contributed by atoms with Gasteiger partial charge in [0.15, 0.2) is 5.84 Å². The van der Waals surface area contributed by atoms with E-state index in [2.05, 4.69) is 32.4 Å². The van der Waals surface area contributed by atoms with E-state index in [-0.39, 0.29) is 11.3 Å². The van der Waals surface area contributed by atoms with Gasteiger partial charge in [-0.2, -0.15) is 18.3 Å². The van der Waals surface area contributed by atoms with Gasteiger partial charge in [0.1, 0.15) is 11.5 Å². The number of rotatable bonds is 11. The zero-order chi connectivity index (χ0) is 29.1. The van der Waals surface area contributed by atoms with Gasteiger partial charge in [-0.25, -0.2) is 0 Å². The molecule has 0 heterocycles. The van der Waals surface area contributed by atoms with Crippen LogP contribution in [0.2, 0.25) is 0 Å². The third kappa shape index (κ3) is 9.50. The first-order chi connectivity index (χ1) is 19.0. The molecule has 0 amide bonds. The van der Waals surface area contributed by atoms with Crippen molar-refractivity contribution in [2.75, 3.05) is 11.9 Å². The van der Waals surface area contributed by atoms with Gasteiger partial charge in [0.25, 0.3) is 5.69 Å². The summed E-state index contributed by atoms with van der Waals surface area (Å²) in [7, 11) is 0. The lowest BCUT2D eigenvalue weighted by molar-refractivity contribution is -0.384. The van der Waals surface area contributed by atoms with Crippen LogP contribution in [0.15, 0.2) is 118 Å². The predicted molar refractivity (Wildman–Crippen MR) is 151 cm³/mol. The second-order valence-corrected chi connectivity index (χ2v) is 8.97. The average molecular weight is 551 g/mol. The molecule has 3 aromatic rings. The molecule has 0 atom stereocenters. The highest BCUT2D eigenvalue weighted by atomic mass is 19.4. The van der Waals surface area contributed by atoms with Crippen LogP contribution in [0.4, 0.5) is 30.2 Å². The lowest BCUT2D eigenvalue weighted by Gasteiger charge is -2.16. The smallest absolute Gasteiger partial charge is 0.342 e. The molecular formula is C29H29F3N6O2. The molecule has 11 heteroatoms. The largest absolute Gasteiger partial charge is 0.393 e. The third-order valence-corrected chi connectivity index (χ3v) is 5.47. The second kappa shape index (κ2) is 13.8. The molecule has 0 unspecified atom stereocenters. The number of hydrogen-bond donors (Lipinski definition) is 2. The van der Waals surface area contributed by atoms with Crippen LogP contribution >= 0.6 is 0 Å². The number of hydrogen-bond acceptors (Lipinski definition) is 6. The van der Waals surface area contributed by atoms with Crippen LogP contribution in [0, 0.1) is 10.1 Å². The van der Waals surface area contributed by atoms with Crippen molar-refractivity contribution >= 4 is 22.9 Å². The Kier molecular flexibility index (Phi) is 10.3. The van der Waals surface area contributed by atoms with Crippen LogP contribution in [0.3, 0.4) is 0 Å². The fourth-order valence-corrected chi connectivity index (χ4v) is 3.61. The summed E-state index contributed by atoms with van der Waals surface area (Å²) in [6.07, 6.45) is -5.34. The van der Waals surface area contributed by atoms with E-state index in [1.54, 1.807) is 13.8 Å². The number of benzene rings is 3. The van der Waals surface area contributed by atoms with Gasteiger partial charge in [0.2, 0.25) is 0 Å². The SMILES string of the molecule is C=C(NC(=NCCc1ccccc1)C(N=Nc1ccc([N+](=O)[O-])cc1CC(F)(F)F)=C(C)C)Nc1ccccc1. The molecule has 0 saturated heterocycles. The first-order valence-electron chi connectivity index (χ1n) is 12.3. The van der Waals surface area contributed by atoms with E-state index in [0.717, 1.165) is 29.4 Å². The van der Waals surface area contributed by atoms with Crippen molar-refractivity contribution in [3.63, 3.8) is 0 Å². The second-order valence-electron chi connectivity index (χ2n) is 8.97. The zero-order valence-corrected chi connectivity index (χ0v) is 22.1. The molecule has 0 aliphatic rings. The van der Waals surface area contributed by atoms with Crippen molar-refractivity contribution in [2.45, 2.75) is 32.9 Å². The average Bonchev–Trinajstić information content (AvgIpc) is 2.89. The molecule has 8 nitrogen and oxygen atoms in total. The maximum absolute atomic E-state index is 13.2. The first kappa shape index (κ1) is 29.8. The summed E-state index contributed by atoms with van der Waals surface area (Å²) in [6, 6.07) is 22.2. The molecule has 40 heavy (non-hydrogen) atoms. The fraction of sp³-hybridized carbons (Fsp3) is 0.207. The van der Waals surface area contributed by atoms with E-state index in [1.165, 1.54) is 0 Å². The van der Waals surface area contributed by atoms with Crippen LogP contribution in [0.25, 0.3) is 0 Å². The van der Waals surface area contributed by atoms with Crippen LogP contribution in [-0.2, 0) is 12.8 Å². The van der Waals surface area contributed by atoms with Crippen LogP contribution in [-0.4, -0.2) is 23.5 Å². The maximum atomic E-state index is 13.2. The number of nitro groups is 1. The molecule has 0 saturated carbocycles. The van der Waals surface area contributed by atoms with E-state index in [4.69, 9.17) is 0 Å². The Bertz CT molecular complexity index is 1410. The minimum Gasteiger partial charge on any atom is -0.342 e. The Hall–Kier alpha value is -4.80. The summed E-state index contributed by atoms with van der Waals surface area (Å²) >= 11 is 0. The third-order valence-electron chi connectivity index (χ3n) is 5.47. The van der Waals surface area contributed by atoms with Gasteiger partial charge < -0.3 is 10.6 Å². The monoisotopic (exact) mass is 550 g/mol. The van der Waals surface area contributed by atoms with Gasteiger partial charge in [-0.3, -0.25) is 15.1 Å². The number of para-hydroxylation sites is 1. The standard InChI is InChI=1S/C29H29F3N6O2/c1-20(2)27(37-36-26-15-14-25(38(39)40)18-23(26)19-29(30,31)32)28(33-17-16-22-10-6-4-7-11-22)35-21(3)34-24-12-8-5-9-13-24/h4-15,18,34H,3,16-17,19H2,1-2H3,(H,33,35). The molecule has 3 aromatic carbocycles. The Labute approximate surface area is 230 Å². The number of aliphatic imine (C=N–C) groups is 1. The summed E-state index contributed by atoms with van der Waals surface area (Å²) < 4.78 is 39.6. The molecule has 0 spiro atoms. The molecule has 0 aromatic heterocycles. The van der Waals surface area contributed by atoms with Crippen molar-refractivity contribution < 1.29 is 18.1 Å². The quantitative estimate of drug-likeness (QED) is 0.0833. The lowest BCUT2D eigenvalue weighted by Crippen LogP contribution is -2.28. The Balaban J connectivity index is 1.94. The van der Waals surface area contributed by atoms with Gasteiger partial charge >= 0.3 is 6.18 Å². The molecule has 3 rings (SSSR count). The number of halogens is 3. The molecule has 0 radical (unpaired) electrons. The van der Waals surface area contributed by atoms with Crippen molar-refractivity contribution in [1.29, 1.82) is 0 Å². The molecule has 208 valence electrons. The van der Waals surface area contributed by atoms with Crippen molar-refractivity contribution in [3.05, 3.63) is 124 Å². The van der Waals surface area contributed by atoms with E-state index in [1.807, 2.05) is 60.7 Å². The predicted octanol–water partition coefficient (Wildman–Crippen LogP) is 7.89. The summed E-state index contributed by atoms with van der Waals surface area (Å²) in [6.45, 7) is 7.93. The van der Waals surface area contributed by atoms with E-state index >= 15 is 0 Å². The van der Waals surface area contributed by atoms with Crippen LogP contribution in [0.5, 0.6) is 0 Å². The number of amidine groups is 1. The molecule has 0 fully saturated rings. The zero-order valence-electron chi connectivity index (χ0n) is 22.1. The van der Waals surface area contributed by atoms with E-state index < -0.39 is 23.2 Å². The van der Waals surface area contributed by atoms with Gasteiger partial charge in [-0.05, 0) is 55.2 Å². The Morgan fingerprint density at radius 2 is 1.65 bits per heavy atom. The number of azo groups is 1. The van der Waals surface area contributed by atoms with Crippen LogP contribution < -0.4 is 10.6 Å². The number of anilines is 1. The summed E-state index contributed by atoms with van der Waals surface area (Å²) in [4.78, 5) is 15.1.